The van der Waals surface area contributed by atoms with Crippen molar-refractivity contribution in [3.8, 4) is 5.75 Å². The summed E-state index contributed by atoms with van der Waals surface area (Å²) in [5.74, 6) is 1.44. The molecule has 132 valence electrons. The number of aromatic nitrogens is 1. The number of carbonyl (C=O) groups is 1. The molecule has 5 nitrogen and oxygen atoms in total. The van der Waals surface area contributed by atoms with E-state index in [0.717, 1.165) is 36.0 Å². The van der Waals surface area contributed by atoms with Gasteiger partial charge in [-0.3, -0.25) is 9.78 Å². The topological polar surface area (TPSA) is 54.5 Å². The van der Waals surface area contributed by atoms with E-state index in [2.05, 4.69) is 22.1 Å². The Bertz CT molecular complexity index is 707. The molecule has 1 aromatic carbocycles. The molecule has 1 N–H and O–H groups in total. The van der Waals surface area contributed by atoms with Gasteiger partial charge in [0.2, 0.25) is 0 Å². The van der Waals surface area contributed by atoms with E-state index in [9.17, 15) is 4.79 Å². The number of amides is 1. The van der Waals surface area contributed by atoms with Crippen LogP contribution in [0.25, 0.3) is 0 Å². The lowest BCUT2D eigenvalue weighted by molar-refractivity contribution is 0.0946. The molecule has 0 aliphatic carbocycles. The van der Waals surface area contributed by atoms with Crippen LogP contribution in [0.2, 0.25) is 0 Å². The first kappa shape index (κ1) is 17.3. The summed E-state index contributed by atoms with van der Waals surface area (Å²) in [6, 6.07) is 11.5. The van der Waals surface area contributed by atoms with Crippen molar-refractivity contribution in [1.82, 2.24) is 10.3 Å². The Balaban J connectivity index is 1.60. The van der Waals surface area contributed by atoms with Gasteiger partial charge in [-0.25, -0.2) is 0 Å². The molecule has 0 unspecified atom stereocenters. The molecule has 1 fully saturated rings. The highest BCUT2D eigenvalue weighted by atomic mass is 16.5. The molecule has 1 amide bonds. The zero-order valence-corrected chi connectivity index (χ0v) is 14.9. The van der Waals surface area contributed by atoms with E-state index in [1.54, 1.807) is 13.3 Å². The van der Waals surface area contributed by atoms with Crippen molar-refractivity contribution < 1.29 is 9.53 Å². The summed E-state index contributed by atoms with van der Waals surface area (Å²) in [6.07, 6.45) is 4.11. The van der Waals surface area contributed by atoms with Crippen molar-refractivity contribution in [1.29, 1.82) is 0 Å². The molecule has 0 atom stereocenters. The minimum absolute atomic E-state index is 0.150. The predicted molar refractivity (Wildman–Crippen MR) is 99.0 cm³/mol. The predicted octanol–water partition coefficient (Wildman–Crippen LogP) is 3.26. The van der Waals surface area contributed by atoms with Crippen LogP contribution in [0.3, 0.4) is 0 Å². The Kier molecular flexibility index (Phi) is 5.53. The van der Waals surface area contributed by atoms with Gasteiger partial charge in [0.1, 0.15) is 11.4 Å². The summed E-state index contributed by atoms with van der Waals surface area (Å²) < 4.78 is 5.14. The quantitative estimate of drug-likeness (QED) is 0.908. The molecule has 1 aromatic heterocycles. The van der Waals surface area contributed by atoms with E-state index < -0.39 is 0 Å². The molecule has 3 rings (SSSR count). The first-order chi connectivity index (χ1) is 12.2. The molecule has 1 aliphatic heterocycles. The maximum absolute atomic E-state index is 12.4. The minimum atomic E-state index is -0.150. The summed E-state index contributed by atoms with van der Waals surface area (Å²) in [5.41, 5.74) is 2.57. The molecule has 25 heavy (non-hydrogen) atoms. The van der Waals surface area contributed by atoms with Crippen LogP contribution in [0.15, 0.2) is 42.6 Å². The summed E-state index contributed by atoms with van der Waals surface area (Å²) >= 11 is 0. The van der Waals surface area contributed by atoms with E-state index in [4.69, 9.17) is 4.74 Å². The number of carbonyl (C=O) groups excluding carboxylic acids is 1. The number of pyridine rings is 1. The second-order valence-electron chi connectivity index (χ2n) is 6.60. The Morgan fingerprint density at radius 3 is 2.64 bits per heavy atom. The molecule has 1 saturated heterocycles. The highest BCUT2D eigenvalue weighted by Gasteiger charge is 2.17. The second kappa shape index (κ2) is 8.01. The van der Waals surface area contributed by atoms with Crippen LogP contribution in [0, 0.1) is 5.92 Å². The lowest BCUT2D eigenvalue weighted by atomic mass is 9.99. The van der Waals surface area contributed by atoms with Crippen molar-refractivity contribution in [3.63, 3.8) is 0 Å². The molecule has 0 bridgehead atoms. The fraction of sp³-hybridized carbons (Fsp3) is 0.400. The van der Waals surface area contributed by atoms with Gasteiger partial charge in [-0.1, -0.05) is 19.1 Å². The third-order valence-corrected chi connectivity index (χ3v) is 4.74. The van der Waals surface area contributed by atoms with E-state index in [1.165, 1.54) is 12.8 Å². The lowest BCUT2D eigenvalue weighted by Crippen LogP contribution is -2.33. The first-order valence-corrected chi connectivity index (χ1v) is 8.78. The van der Waals surface area contributed by atoms with Gasteiger partial charge in [0.25, 0.3) is 5.91 Å². The number of rotatable bonds is 5. The number of hydrogen-bond acceptors (Lipinski definition) is 4. The summed E-state index contributed by atoms with van der Waals surface area (Å²) in [7, 11) is 1.64. The maximum Gasteiger partial charge on any atom is 0.270 e. The fourth-order valence-electron chi connectivity index (χ4n) is 3.02. The Labute approximate surface area is 149 Å². The molecule has 2 aromatic rings. The van der Waals surface area contributed by atoms with Crippen LogP contribution in [0.5, 0.6) is 5.75 Å². The lowest BCUT2D eigenvalue weighted by Gasteiger charge is -2.32. The van der Waals surface area contributed by atoms with Gasteiger partial charge in [-0.15, -0.1) is 0 Å². The van der Waals surface area contributed by atoms with Gasteiger partial charge in [-0.05, 0) is 48.6 Å². The Hall–Kier alpha value is -2.56. The number of methoxy groups -OCH3 is 1. The van der Waals surface area contributed by atoms with Crippen LogP contribution in [-0.4, -0.2) is 31.1 Å². The second-order valence-corrected chi connectivity index (χ2v) is 6.60. The normalized spacial score (nSPS) is 15.0. The SMILES string of the molecule is COc1ccc(CNC(=O)c2cc(N3CCC(C)CC3)ccn2)cc1. The molecule has 1 aliphatic rings. The fourth-order valence-corrected chi connectivity index (χ4v) is 3.02. The monoisotopic (exact) mass is 339 g/mol. The average molecular weight is 339 g/mol. The van der Waals surface area contributed by atoms with Crippen molar-refractivity contribution >= 4 is 11.6 Å². The number of hydrogen-bond donors (Lipinski definition) is 1. The van der Waals surface area contributed by atoms with Gasteiger partial charge in [0, 0.05) is 31.5 Å². The summed E-state index contributed by atoms with van der Waals surface area (Å²) in [5, 5.41) is 2.93. The Morgan fingerprint density at radius 1 is 1.24 bits per heavy atom. The minimum Gasteiger partial charge on any atom is -0.497 e. The number of piperidine rings is 1. The van der Waals surface area contributed by atoms with Crippen molar-refractivity contribution in [2.45, 2.75) is 26.3 Å². The van der Waals surface area contributed by atoms with Crippen molar-refractivity contribution in [2.24, 2.45) is 5.92 Å². The molecule has 5 heteroatoms. The van der Waals surface area contributed by atoms with Crippen LogP contribution < -0.4 is 15.0 Å². The highest BCUT2D eigenvalue weighted by Crippen LogP contribution is 2.23. The summed E-state index contributed by atoms with van der Waals surface area (Å²) in [6.45, 7) is 4.84. The van der Waals surface area contributed by atoms with Crippen LogP contribution in [0.4, 0.5) is 5.69 Å². The van der Waals surface area contributed by atoms with E-state index in [1.807, 2.05) is 36.4 Å². The smallest absolute Gasteiger partial charge is 0.270 e. The third kappa shape index (κ3) is 4.50. The van der Waals surface area contributed by atoms with Gasteiger partial charge in [0.15, 0.2) is 0 Å². The molecule has 2 heterocycles. The molecular formula is C20H25N3O2. The van der Waals surface area contributed by atoms with E-state index in [0.29, 0.717) is 12.2 Å². The molecule has 0 spiro atoms. The number of nitrogens with one attached hydrogen (secondary N) is 1. The number of benzene rings is 1. The van der Waals surface area contributed by atoms with Crippen molar-refractivity contribution in [2.75, 3.05) is 25.1 Å². The Morgan fingerprint density at radius 2 is 1.96 bits per heavy atom. The van der Waals surface area contributed by atoms with Crippen LogP contribution in [0.1, 0.15) is 35.8 Å². The molecular weight excluding hydrogens is 314 g/mol. The molecule has 0 radical (unpaired) electrons. The van der Waals surface area contributed by atoms with Crippen molar-refractivity contribution in [3.05, 3.63) is 53.9 Å². The van der Waals surface area contributed by atoms with E-state index >= 15 is 0 Å². The standard InChI is InChI=1S/C20H25N3O2/c1-15-8-11-23(12-9-15)17-7-10-21-19(13-17)20(24)22-14-16-3-5-18(25-2)6-4-16/h3-7,10,13,15H,8-9,11-12,14H2,1-2H3,(H,22,24). The number of nitrogens with zero attached hydrogens (tertiary/aromatic N) is 2. The number of anilines is 1. The largest absolute Gasteiger partial charge is 0.497 e. The van der Waals surface area contributed by atoms with Gasteiger partial charge in [0.05, 0.1) is 7.11 Å². The van der Waals surface area contributed by atoms with Crippen LogP contribution >= 0.6 is 0 Å². The number of ether oxygens (including phenoxy) is 1. The summed E-state index contributed by atoms with van der Waals surface area (Å²) in [4.78, 5) is 19.0. The highest BCUT2D eigenvalue weighted by molar-refractivity contribution is 5.93. The van der Waals surface area contributed by atoms with Crippen LogP contribution in [-0.2, 0) is 6.54 Å². The first-order valence-electron chi connectivity index (χ1n) is 8.78. The zero-order valence-electron chi connectivity index (χ0n) is 14.9. The third-order valence-electron chi connectivity index (χ3n) is 4.74. The average Bonchev–Trinajstić information content (AvgIpc) is 2.67. The van der Waals surface area contributed by atoms with Gasteiger partial charge >= 0.3 is 0 Å². The van der Waals surface area contributed by atoms with Gasteiger partial charge in [-0.2, -0.15) is 0 Å². The van der Waals surface area contributed by atoms with Gasteiger partial charge < -0.3 is 15.0 Å². The van der Waals surface area contributed by atoms with E-state index in [-0.39, 0.29) is 5.91 Å². The molecule has 0 saturated carbocycles. The zero-order chi connectivity index (χ0) is 17.6. The maximum atomic E-state index is 12.4.